The number of hydrogen-bond acceptors (Lipinski definition) is 6. The van der Waals surface area contributed by atoms with Crippen molar-refractivity contribution in [2.24, 2.45) is 0 Å². The summed E-state index contributed by atoms with van der Waals surface area (Å²) in [5.74, 6) is 5.40. The lowest BCUT2D eigenvalue weighted by Crippen LogP contribution is -2.36. The van der Waals surface area contributed by atoms with E-state index in [0.29, 0.717) is 50.6 Å². The van der Waals surface area contributed by atoms with Gasteiger partial charge in [0.1, 0.15) is 73.0 Å². The first-order chi connectivity index (χ1) is 47.3. The van der Waals surface area contributed by atoms with Gasteiger partial charge in [-0.25, -0.2) is 9.13 Å². The minimum absolute atomic E-state index is 0.345. The van der Waals surface area contributed by atoms with Gasteiger partial charge in [0.15, 0.2) is 11.4 Å². The molecule has 5 aromatic rings. The normalized spacial score (nSPS) is 11.4. The van der Waals surface area contributed by atoms with Crippen molar-refractivity contribution in [2.45, 2.75) is 363 Å². The lowest BCUT2D eigenvalue weighted by Gasteiger charge is -2.13. The minimum Gasteiger partial charge on any atom is -0.493 e. The number of hydrogen-bond donors (Lipinski definition) is 0. The molecule has 10 heteroatoms. The average Bonchev–Trinajstić information content (AvgIpc) is 1.54. The van der Waals surface area contributed by atoms with Crippen LogP contribution in [0.3, 0.4) is 0 Å². The van der Waals surface area contributed by atoms with Gasteiger partial charge in [0.25, 0.3) is 11.6 Å². The zero-order chi connectivity index (χ0) is 68.1. The second kappa shape index (κ2) is 53.3. The quantitative estimate of drug-likeness (QED) is 0.0284. The molecule has 534 valence electrons. The molecule has 0 unspecified atom stereocenters. The van der Waals surface area contributed by atoms with E-state index in [9.17, 15) is 10.5 Å². The SMILES string of the molecule is CCCCCCCCCCCCCCOc1cc(C[n+]2ccn(-c3cc(C#N)c(C#N)cc3-n3cc[n+](Cc4cc(OCCCCCCCCCCCCCC)cc(OCCCCCCCCCCCCCC)c4)c3C)c2C)cc(OCCCCCCCCCCCCCC)c1. The number of ether oxygens (including phenoxy) is 4. The molecule has 3 aromatic carbocycles. The Bertz CT molecular complexity index is 2570. The van der Waals surface area contributed by atoms with Crippen molar-refractivity contribution < 1.29 is 28.1 Å². The Morgan fingerprint density at radius 3 is 0.708 bits per heavy atom. The maximum atomic E-state index is 10.5. The van der Waals surface area contributed by atoms with Crippen molar-refractivity contribution in [3.63, 3.8) is 0 Å². The van der Waals surface area contributed by atoms with Crippen molar-refractivity contribution in [3.8, 4) is 46.5 Å². The average molecular weight is 1320 g/mol. The monoisotopic (exact) mass is 1320 g/mol. The molecule has 0 saturated carbocycles. The number of aromatic nitrogens is 4. The summed E-state index contributed by atoms with van der Waals surface area (Å²) in [5.41, 5.74) is 4.54. The largest absolute Gasteiger partial charge is 0.493 e. The van der Waals surface area contributed by atoms with Gasteiger partial charge >= 0.3 is 0 Å². The first-order valence-corrected chi connectivity index (χ1v) is 40.2. The van der Waals surface area contributed by atoms with Gasteiger partial charge in [-0.2, -0.15) is 19.7 Å². The molecule has 0 saturated heterocycles. The summed E-state index contributed by atoms with van der Waals surface area (Å²) in [4.78, 5) is 0. The Hall–Kier alpha value is -5.74. The van der Waals surface area contributed by atoms with E-state index in [0.717, 1.165) is 82.8 Å². The molecule has 0 atom stereocenters. The molecule has 0 N–H and O–H groups in total. The van der Waals surface area contributed by atoms with E-state index >= 15 is 0 Å². The molecule has 0 aliphatic heterocycles. The van der Waals surface area contributed by atoms with Crippen LogP contribution < -0.4 is 28.1 Å². The Labute approximate surface area is 587 Å². The van der Waals surface area contributed by atoms with Crippen LogP contribution >= 0.6 is 0 Å². The summed E-state index contributed by atoms with van der Waals surface area (Å²) >= 11 is 0. The third-order valence-corrected chi connectivity index (χ3v) is 19.8. The van der Waals surface area contributed by atoms with Crippen LogP contribution in [0, 0.1) is 36.5 Å². The molecule has 0 fully saturated rings. The zero-order valence-electron chi connectivity index (χ0n) is 62.4. The fraction of sp³-hybridized carbons (Fsp3) is 0.698. The van der Waals surface area contributed by atoms with Gasteiger partial charge in [-0.1, -0.05) is 310 Å². The lowest BCUT2D eigenvalue weighted by molar-refractivity contribution is -0.693. The number of imidazole rings is 2. The topological polar surface area (TPSA) is 102 Å². The molecule has 2 heterocycles. The Balaban J connectivity index is 1.27. The van der Waals surface area contributed by atoms with E-state index < -0.39 is 0 Å². The number of nitriles is 2. The number of rotatable bonds is 62. The molecule has 0 amide bonds. The number of nitrogens with zero attached hydrogens (tertiary/aromatic N) is 6. The fourth-order valence-corrected chi connectivity index (χ4v) is 13.7. The van der Waals surface area contributed by atoms with Crippen molar-refractivity contribution in [3.05, 3.63) is 107 Å². The standard InChI is InChI=1S/C86H138N6O4/c1-7-11-15-19-23-27-31-35-39-43-47-51-59-93-81-63-77(64-82(69-81)94-60-52-48-44-40-36-32-28-24-20-16-12-8-2)73-89-55-57-91(75(89)5)85-67-79(71-87)80(72-88)68-86(85)92-58-56-90(76(92)6)74-78-65-83(95-61-53-49-45-41-37-33-29-25-21-17-13-9-3)70-84(66-78)96-62-54-50-46-42-38-34-30-26-22-18-14-10-4/h55-58,63-70H,7-54,59-62,73-74H2,1-6H3/q+2. The van der Waals surface area contributed by atoms with Crippen LogP contribution in [0.1, 0.15) is 370 Å². The van der Waals surface area contributed by atoms with E-state index in [1.54, 1.807) is 0 Å². The van der Waals surface area contributed by atoms with Crippen molar-refractivity contribution in [1.29, 1.82) is 10.5 Å². The third kappa shape index (κ3) is 34.2. The molecule has 0 aliphatic carbocycles. The predicted molar refractivity (Wildman–Crippen MR) is 402 cm³/mol. The first-order valence-electron chi connectivity index (χ1n) is 40.2. The van der Waals surface area contributed by atoms with Gasteiger partial charge in [0, 0.05) is 49.2 Å². The smallest absolute Gasteiger partial charge is 0.258 e. The molecule has 96 heavy (non-hydrogen) atoms. The molecule has 0 aliphatic rings. The van der Waals surface area contributed by atoms with Gasteiger partial charge in [-0.3, -0.25) is 0 Å². The highest BCUT2D eigenvalue weighted by Gasteiger charge is 2.27. The molecule has 0 bridgehead atoms. The van der Waals surface area contributed by atoms with Gasteiger partial charge in [0.05, 0.1) is 37.6 Å². The second-order valence-electron chi connectivity index (χ2n) is 28.4. The van der Waals surface area contributed by atoms with Gasteiger partial charge in [-0.05, 0) is 49.9 Å². The molecule has 0 spiro atoms. The van der Waals surface area contributed by atoms with E-state index in [1.807, 2.05) is 12.1 Å². The van der Waals surface area contributed by atoms with Crippen molar-refractivity contribution >= 4 is 0 Å². The summed E-state index contributed by atoms with van der Waals surface area (Å²) in [7, 11) is 0. The highest BCUT2D eigenvalue weighted by molar-refractivity contribution is 5.63. The maximum Gasteiger partial charge on any atom is 0.258 e. The lowest BCUT2D eigenvalue weighted by atomic mass is 10.1. The Morgan fingerprint density at radius 2 is 0.500 bits per heavy atom. The molecule has 10 nitrogen and oxygen atoms in total. The van der Waals surface area contributed by atoms with E-state index in [4.69, 9.17) is 18.9 Å². The highest BCUT2D eigenvalue weighted by Crippen LogP contribution is 2.30. The highest BCUT2D eigenvalue weighted by atomic mass is 16.5. The van der Waals surface area contributed by atoms with Crippen LogP contribution in [0.15, 0.2) is 73.3 Å². The van der Waals surface area contributed by atoms with Gasteiger partial charge in [-0.15, -0.1) is 0 Å². The van der Waals surface area contributed by atoms with E-state index in [2.05, 4.69) is 133 Å². The van der Waals surface area contributed by atoms with Crippen molar-refractivity contribution in [1.82, 2.24) is 9.13 Å². The Morgan fingerprint density at radius 1 is 0.292 bits per heavy atom. The van der Waals surface area contributed by atoms with Crippen LogP contribution in [-0.4, -0.2) is 35.6 Å². The maximum absolute atomic E-state index is 10.5. The number of unbranched alkanes of at least 4 members (excludes halogenated alkanes) is 44. The Kier molecular flexibility index (Phi) is 44.9. The summed E-state index contributed by atoms with van der Waals surface area (Å²) in [6.45, 7) is 17.4. The van der Waals surface area contributed by atoms with Crippen LogP contribution in [-0.2, 0) is 13.1 Å². The zero-order valence-corrected chi connectivity index (χ0v) is 62.4. The van der Waals surface area contributed by atoms with Crippen LogP contribution in [0.4, 0.5) is 0 Å². The third-order valence-electron chi connectivity index (χ3n) is 19.8. The van der Waals surface area contributed by atoms with Gasteiger partial charge < -0.3 is 18.9 Å². The van der Waals surface area contributed by atoms with Crippen LogP contribution in [0.2, 0.25) is 0 Å². The second-order valence-corrected chi connectivity index (χ2v) is 28.4. The fourth-order valence-electron chi connectivity index (χ4n) is 13.7. The summed E-state index contributed by atoms with van der Waals surface area (Å²) < 4.78 is 35.0. The molecule has 0 radical (unpaired) electrons. The van der Waals surface area contributed by atoms with Gasteiger partial charge in [0.2, 0.25) is 0 Å². The molecule has 5 rings (SSSR count). The number of benzene rings is 3. The molecular weight excluding hydrogens is 1180 g/mol. The predicted octanol–water partition coefficient (Wildman–Crippen LogP) is 24.6. The van der Waals surface area contributed by atoms with Crippen LogP contribution in [0.5, 0.6) is 23.0 Å². The molecular formula is C86H138N6O4+2. The van der Waals surface area contributed by atoms with Crippen LogP contribution in [0.25, 0.3) is 11.4 Å². The van der Waals surface area contributed by atoms with E-state index in [-0.39, 0.29) is 0 Å². The summed E-state index contributed by atoms with van der Waals surface area (Å²) in [6.07, 6.45) is 71.5. The van der Waals surface area contributed by atoms with E-state index in [1.165, 1.54) is 283 Å². The van der Waals surface area contributed by atoms with Crippen molar-refractivity contribution in [2.75, 3.05) is 26.4 Å². The molecule has 2 aromatic heterocycles. The first kappa shape index (κ1) is 80.9. The summed E-state index contributed by atoms with van der Waals surface area (Å²) in [5, 5.41) is 20.9. The minimum atomic E-state index is 0.345. The summed E-state index contributed by atoms with van der Waals surface area (Å²) in [6, 6.07) is 21.3.